The molecule has 1 aromatic carbocycles. The molecular formula is C9H7ClFN5O. The Hall–Kier alpha value is -2.15. The number of carbonyl (C=O) groups is 1. The highest BCUT2D eigenvalue weighted by Gasteiger charge is 2.15. The van der Waals surface area contributed by atoms with Crippen molar-refractivity contribution in [2.24, 2.45) is 0 Å². The summed E-state index contributed by atoms with van der Waals surface area (Å²) in [6, 6.07) is 4.06. The molecule has 1 heterocycles. The normalized spacial score (nSPS) is 10.2. The van der Waals surface area contributed by atoms with Crippen LogP contribution in [0.4, 0.5) is 16.0 Å². The molecule has 0 radical (unpaired) electrons. The van der Waals surface area contributed by atoms with Gasteiger partial charge in [-0.15, -0.1) is 5.10 Å². The third-order valence-corrected chi connectivity index (χ3v) is 2.23. The molecule has 0 bridgehead atoms. The second-order valence-electron chi connectivity index (χ2n) is 3.09. The van der Waals surface area contributed by atoms with Gasteiger partial charge in [0.2, 0.25) is 11.8 Å². The van der Waals surface area contributed by atoms with Crippen LogP contribution in [0.5, 0.6) is 0 Å². The molecule has 88 valence electrons. The van der Waals surface area contributed by atoms with Crippen molar-refractivity contribution in [2.45, 2.75) is 0 Å². The van der Waals surface area contributed by atoms with Gasteiger partial charge in [0.25, 0.3) is 5.91 Å². The van der Waals surface area contributed by atoms with Crippen LogP contribution in [0.2, 0.25) is 5.02 Å². The van der Waals surface area contributed by atoms with Gasteiger partial charge < -0.3 is 11.1 Å². The van der Waals surface area contributed by atoms with E-state index in [1.54, 1.807) is 0 Å². The van der Waals surface area contributed by atoms with Crippen molar-refractivity contribution in [3.05, 3.63) is 34.9 Å². The molecule has 2 aromatic rings. The number of amides is 1. The van der Waals surface area contributed by atoms with Crippen LogP contribution >= 0.6 is 11.6 Å². The van der Waals surface area contributed by atoms with Crippen LogP contribution in [0.15, 0.2) is 18.2 Å². The van der Waals surface area contributed by atoms with E-state index in [9.17, 15) is 9.18 Å². The van der Waals surface area contributed by atoms with Gasteiger partial charge in [-0.25, -0.2) is 4.39 Å². The zero-order valence-corrected chi connectivity index (χ0v) is 9.12. The molecular weight excluding hydrogens is 249 g/mol. The summed E-state index contributed by atoms with van der Waals surface area (Å²) < 4.78 is 13.4. The number of nitrogens with zero attached hydrogens (tertiary/aromatic N) is 2. The van der Waals surface area contributed by atoms with Crippen molar-refractivity contribution in [1.29, 1.82) is 0 Å². The molecule has 0 spiro atoms. The first kappa shape index (κ1) is 11.3. The third-order valence-electron chi connectivity index (χ3n) is 1.92. The summed E-state index contributed by atoms with van der Waals surface area (Å²) in [5, 5.41) is 8.14. The fourth-order valence-corrected chi connectivity index (χ4v) is 1.38. The molecule has 0 atom stereocenters. The van der Waals surface area contributed by atoms with Crippen molar-refractivity contribution in [3.8, 4) is 0 Å². The molecule has 0 unspecified atom stereocenters. The number of anilines is 2. The SMILES string of the molecule is Nc1n[nH]c(C(=O)Nc2c(F)cccc2Cl)n1. The second-order valence-corrected chi connectivity index (χ2v) is 3.50. The number of para-hydroxylation sites is 1. The summed E-state index contributed by atoms with van der Waals surface area (Å²) in [4.78, 5) is 15.2. The van der Waals surface area contributed by atoms with Crippen molar-refractivity contribution in [2.75, 3.05) is 11.1 Å². The monoisotopic (exact) mass is 255 g/mol. The third kappa shape index (κ3) is 2.34. The minimum Gasteiger partial charge on any atom is -0.366 e. The molecule has 0 aliphatic rings. The first-order valence-corrected chi connectivity index (χ1v) is 4.89. The summed E-state index contributed by atoms with van der Waals surface area (Å²) in [6.07, 6.45) is 0. The summed E-state index contributed by atoms with van der Waals surface area (Å²) >= 11 is 5.74. The first-order chi connectivity index (χ1) is 8.08. The molecule has 2 rings (SSSR count). The Morgan fingerprint density at radius 3 is 2.88 bits per heavy atom. The second kappa shape index (κ2) is 4.38. The summed E-state index contributed by atoms with van der Waals surface area (Å²) in [6.45, 7) is 0. The van der Waals surface area contributed by atoms with Crippen LogP contribution < -0.4 is 11.1 Å². The average Bonchev–Trinajstić information content (AvgIpc) is 2.70. The molecule has 6 nitrogen and oxygen atoms in total. The van der Waals surface area contributed by atoms with Crippen LogP contribution in [0, 0.1) is 5.82 Å². The van der Waals surface area contributed by atoms with Crippen LogP contribution in [-0.4, -0.2) is 21.1 Å². The molecule has 0 saturated carbocycles. The molecule has 0 fully saturated rings. The van der Waals surface area contributed by atoms with Crippen LogP contribution in [-0.2, 0) is 0 Å². The number of H-pyrrole nitrogens is 1. The zero-order chi connectivity index (χ0) is 12.4. The van der Waals surface area contributed by atoms with E-state index in [1.165, 1.54) is 18.2 Å². The minimum absolute atomic E-state index is 0.0743. The number of hydrogen-bond donors (Lipinski definition) is 3. The highest BCUT2D eigenvalue weighted by Crippen LogP contribution is 2.24. The topological polar surface area (TPSA) is 96.7 Å². The van der Waals surface area contributed by atoms with Gasteiger partial charge in [0.1, 0.15) is 5.82 Å². The Kier molecular flexibility index (Phi) is 2.92. The number of aromatic nitrogens is 3. The van der Waals surface area contributed by atoms with E-state index < -0.39 is 11.7 Å². The van der Waals surface area contributed by atoms with Gasteiger partial charge in [-0.1, -0.05) is 17.7 Å². The Bertz CT molecular complexity index is 550. The van der Waals surface area contributed by atoms with Crippen LogP contribution in [0.3, 0.4) is 0 Å². The molecule has 1 aromatic heterocycles. The van der Waals surface area contributed by atoms with Gasteiger partial charge >= 0.3 is 0 Å². The molecule has 0 aliphatic heterocycles. The maximum atomic E-state index is 13.4. The van der Waals surface area contributed by atoms with Crippen molar-refractivity contribution in [1.82, 2.24) is 15.2 Å². The van der Waals surface area contributed by atoms with Crippen molar-refractivity contribution < 1.29 is 9.18 Å². The Morgan fingerprint density at radius 1 is 1.53 bits per heavy atom. The number of nitrogens with two attached hydrogens (primary N) is 1. The van der Waals surface area contributed by atoms with Crippen LogP contribution in [0.1, 0.15) is 10.6 Å². The lowest BCUT2D eigenvalue weighted by Gasteiger charge is -2.05. The van der Waals surface area contributed by atoms with Gasteiger partial charge in [0, 0.05) is 0 Å². The van der Waals surface area contributed by atoms with E-state index in [0.29, 0.717) is 0 Å². The van der Waals surface area contributed by atoms with Gasteiger partial charge in [-0.3, -0.25) is 9.89 Å². The lowest BCUT2D eigenvalue weighted by atomic mass is 10.3. The van der Waals surface area contributed by atoms with E-state index in [4.69, 9.17) is 17.3 Å². The highest BCUT2D eigenvalue weighted by molar-refractivity contribution is 6.33. The van der Waals surface area contributed by atoms with E-state index in [0.717, 1.165) is 0 Å². The van der Waals surface area contributed by atoms with E-state index in [1.807, 2.05) is 0 Å². The molecule has 0 saturated heterocycles. The van der Waals surface area contributed by atoms with E-state index >= 15 is 0 Å². The average molecular weight is 256 g/mol. The Labute approximate surface area is 100.0 Å². The smallest absolute Gasteiger partial charge is 0.293 e. The summed E-state index contributed by atoms with van der Waals surface area (Å²) in [7, 11) is 0. The number of halogens is 2. The van der Waals surface area contributed by atoms with Gasteiger partial charge in [-0.2, -0.15) is 4.98 Å². The van der Waals surface area contributed by atoms with Gasteiger partial charge in [0.15, 0.2) is 0 Å². The maximum Gasteiger partial charge on any atom is 0.293 e. The number of benzene rings is 1. The summed E-state index contributed by atoms with van der Waals surface area (Å²) in [5.41, 5.74) is 5.12. The quantitative estimate of drug-likeness (QED) is 0.756. The summed E-state index contributed by atoms with van der Waals surface area (Å²) in [5.74, 6) is -1.52. The van der Waals surface area contributed by atoms with Crippen molar-refractivity contribution in [3.63, 3.8) is 0 Å². The lowest BCUT2D eigenvalue weighted by molar-refractivity contribution is 0.101. The lowest BCUT2D eigenvalue weighted by Crippen LogP contribution is -2.15. The van der Waals surface area contributed by atoms with E-state index in [-0.39, 0.29) is 22.5 Å². The Balaban J connectivity index is 2.24. The molecule has 4 N–H and O–H groups in total. The fourth-order valence-electron chi connectivity index (χ4n) is 1.17. The molecule has 8 heteroatoms. The maximum absolute atomic E-state index is 13.4. The van der Waals surface area contributed by atoms with E-state index in [2.05, 4.69) is 20.5 Å². The standard InChI is InChI=1S/C9H7ClFN5O/c10-4-2-1-3-5(11)6(4)13-8(17)7-14-9(12)16-15-7/h1-3H,(H,13,17)(H3,12,14,15,16). The largest absolute Gasteiger partial charge is 0.366 e. The minimum atomic E-state index is -0.679. The number of aromatic amines is 1. The predicted molar refractivity (Wildman–Crippen MR) is 60.2 cm³/mol. The number of carbonyl (C=O) groups excluding carboxylic acids is 1. The predicted octanol–water partition coefficient (Wildman–Crippen LogP) is 1.43. The number of rotatable bonds is 2. The highest BCUT2D eigenvalue weighted by atomic mass is 35.5. The van der Waals surface area contributed by atoms with Crippen molar-refractivity contribution >= 4 is 29.1 Å². The van der Waals surface area contributed by atoms with Crippen LogP contribution in [0.25, 0.3) is 0 Å². The molecule has 0 aliphatic carbocycles. The first-order valence-electron chi connectivity index (χ1n) is 4.51. The van der Waals surface area contributed by atoms with Gasteiger partial charge in [0.05, 0.1) is 10.7 Å². The molecule has 1 amide bonds. The number of nitrogens with one attached hydrogen (secondary N) is 2. The zero-order valence-electron chi connectivity index (χ0n) is 8.37. The molecule has 17 heavy (non-hydrogen) atoms. The number of hydrogen-bond acceptors (Lipinski definition) is 4. The van der Waals surface area contributed by atoms with Gasteiger partial charge in [-0.05, 0) is 12.1 Å². The fraction of sp³-hybridized carbons (Fsp3) is 0. The number of nitrogen functional groups attached to an aromatic ring is 1. The Morgan fingerprint density at radius 2 is 2.29 bits per heavy atom.